The number of carboxylic acids is 1. The number of carbonyl (C=O) groups is 2. The van der Waals surface area contributed by atoms with Gasteiger partial charge in [0.1, 0.15) is 5.82 Å². The second-order valence-corrected chi connectivity index (χ2v) is 8.08. The van der Waals surface area contributed by atoms with Crippen LogP contribution < -0.4 is 4.90 Å². The fourth-order valence-corrected chi connectivity index (χ4v) is 4.33. The number of piperidine rings is 1. The first-order valence-electron chi connectivity index (χ1n) is 10.5. The third-order valence-electron chi connectivity index (χ3n) is 6.12. The summed E-state index contributed by atoms with van der Waals surface area (Å²) in [5.41, 5.74) is 1.88. The molecule has 2 aromatic rings. The standard InChI is InChI=1S/C20H26N4O2.C2HF3O2/c1-22-12-9-21-18(22)15-23-10-7-20(8-11-23)16-5-3-4-6-17(16)24(19(20)25)13-14-26-2;3-2(4,5)1(6)7/h3-6,9,12H,7-8,10-11,13-15H2,1-2H3;(H,6,7). The number of halogens is 3. The molecule has 1 N–H and O–H groups in total. The van der Waals surface area contributed by atoms with Crippen molar-refractivity contribution in [1.82, 2.24) is 14.5 Å². The van der Waals surface area contributed by atoms with Gasteiger partial charge in [0.05, 0.1) is 18.6 Å². The van der Waals surface area contributed by atoms with Gasteiger partial charge in [-0.05, 0) is 37.6 Å². The lowest BCUT2D eigenvalue weighted by atomic mass is 9.73. The lowest BCUT2D eigenvalue weighted by molar-refractivity contribution is -0.192. The number of amides is 1. The maximum atomic E-state index is 13.4. The highest BCUT2D eigenvalue weighted by molar-refractivity contribution is 6.08. The van der Waals surface area contributed by atoms with Gasteiger partial charge in [-0.2, -0.15) is 13.2 Å². The van der Waals surface area contributed by atoms with E-state index in [1.54, 1.807) is 7.11 Å². The van der Waals surface area contributed by atoms with E-state index >= 15 is 0 Å². The number of methoxy groups -OCH3 is 1. The normalized spacial score (nSPS) is 17.6. The number of rotatable bonds is 5. The highest BCUT2D eigenvalue weighted by Gasteiger charge is 2.51. The first kappa shape index (κ1) is 24.7. The molecule has 0 radical (unpaired) electrons. The zero-order valence-corrected chi connectivity index (χ0v) is 18.5. The first-order chi connectivity index (χ1) is 15.6. The summed E-state index contributed by atoms with van der Waals surface area (Å²) in [4.78, 5) is 31.0. The molecule has 2 aliphatic heterocycles. The fraction of sp³-hybridized carbons (Fsp3) is 0.500. The van der Waals surface area contributed by atoms with E-state index in [0.717, 1.165) is 44.0 Å². The Bertz CT molecular complexity index is 984. The van der Waals surface area contributed by atoms with E-state index in [4.69, 9.17) is 14.6 Å². The number of likely N-dealkylation sites (tertiary alicyclic amines) is 1. The Morgan fingerprint density at radius 1 is 1.24 bits per heavy atom. The van der Waals surface area contributed by atoms with Crippen molar-refractivity contribution in [2.24, 2.45) is 7.05 Å². The van der Waals surface area contributed by atoms with Crippen LogP contribution in [0.15, 0.2) is 36.7 Å². The smallest absolute Gasteiger partial charge is 0.475 e. The van der Waals surface area contributed by atoms with Gasteiger partial charge >= 0.3 is 12.1 Å². The fourth-order valence-electron chi connectivity index (χ4n) is 4.33. The summed E-state index contributed by atoms with van der Waals surface area (Å²) in [7, 11) is 3.70. The van der Waals surface area contributed by atoms with Crippen LogP contribution in [0.4, 0.5) is 18.9 Å². The van der Waals surface area contributed by atoms with Crippen LogP contribution in [-0.2, 0) is 33.3 Å². The molecule has 1 amide bonds. The average molecular weight is 468 g/mol. The molecule has 2 aliphatic rings. The van der Waals surface area contributed by atoms with Gasteiger partial charge in [-0.15, -0.1) is 0 Å². The molecule has 1 aromatic heterocycles. The van der Waals surface area contributed by atoms with E-state index in [1.807, 2.05) is 36.5 Å². The third kappa shape index (κ3) is 5.19. The predicted octanol–water partition coefficient (Wildman–Crippen LogP) is 2.58. The summed E-state index contributed by atoms with van der Waals surface area (Å²) in [5.74, 6) is -1.44. The van der Waals surface area contributed by atoms with Crippen molar-refractivity contribution in [3.8, 4) is 0 Å². The number of fused-ring (bicyclic) bond motifs is 2. The van der Waals surface area contributed by atoms with Crippen molar-refractivity contribution in [3.05, 3.63) is 48.0 Å². The minimum absolute atomic E-state index is 0.243. The molecule has 0 saturated carbocycles. The molecule has 1 spiro atoms. The van der Waals surface area contributed by atoms with Gasteiger partial charge in [0, 0.05) is 38.8 Å². The molecule has 11 heteroatoms. The number of anilines is 1. The number of para-hydroxylation sites is 1. The maximum absolute atomic E-state index is 13.4. The monoisotopic (exact) mass is 468 g/mol. The van der Waals surface area contributed by atoms with Crippen molar-refractivity contribution in [2.45, 2.75) is 31.0 Å². The topological polar surface area (TPSA) is 87.9 Å². The number of carbonyl (C=O) groups excluding carboxylic acids is 1. The number of carboxylic acid groups (broad SMARTS) is 1. The van der Waals surface area contributed by atoms with Crippen LogP contribution in [0, 0.1) is 0 Å². The van der Waals surface area contributed by atoms with Crippen LogP contribution in [0.1, 0.15) is 24.2 Å². The van der Waals surface area contributed by atoms with Gasteiger partial charge in [-0.1, -0.05) is 18.2 Å². The molecule has 1 fully saturated rings. The number of imidazole rings is 1. The van der Waals surface area contributed by atoms with E-state index in [9.17, 15) is 18.0 Å². The second kappa shape index (κ2) is 9.92. The Hall–Kier alpha value is -2.92. The molecule has 1 saturated heterocycles. The SMILES string of the molecule is COCCN1C(=O)C2(CCN(Cc3nccn3C)CC2)c2ccccc21.O=C(O)C(F)(F)F. The molecular weight excluding hydrogens is 441 g/mol. The number of alkyl halides is 3. The van der Waals surface area contributed by atoms with Crippen molar-refractivity contribution in [2.75, 3.05) is 38.3 Å². The lowest BCUT2D eigenvalue weighted by Crippen LogP contribution is -2.49. The molecule has 0 atom stereocenters. The van der Waals surface area contributed by atoms with Crippen molar-refractivity contribution in [1.29, 1.82) is 0 Å². The van der Waals surface area contributed by atoms with Crippen LogP contribution in [0.25, 0.3) is 0 Å². The third-order valence-corrected chi connectivity index (χ3v) is 6.12. The molecule has 8 nitrogen and oxygen atoms in total. The van der Waals surface area contributed by atoms with E-state index in [1.165, 1.54) is 5.56 Å². The Morgan fingerprint density at radius 2 is 1.88 bits per heavy atom. The second-order valence-electron chi connectivity index (χ2n) is 8.08. The summed E-state index contributed by atoms with van der Waals surface area (Å²) < 4.78 is 39.0. The number of aliphatic carboxylic acids is 1. The van der Waals surface area contributed by atoms with Crippen molar-refractivity contribution < 1.29 is 32.6 Å². The van der Waals surface area contributed by atoms with Crippen LogP contribution >= 0.6 is 0 Å². The van der Waals surface area contributed by atoms with E-state index in [0.29, 0.717) is 13.2 Å². The summed E-state index contributed by atoms with van der Waals surface area (Å²) >= 11 is 0. The van der Waals surface area contributed by atoms with Gasteiger partial charge in [0.25, 0.3) is 0 Å². The van der Waals surface area contributed by atoms with Gasteiger partial charge in [-0.3, -0.25) is 9.69 Å². The molecule has 0 unspecified atom stereocenters. The van der Waals surface area contributed by atoms with Crippen LogP contribution in [0.3, 0.4) is 0 Å². The van der Waals surface area contributed by atoms with Crippen LogP contribution in [-0.4, -0.2) is 71.0 Å². The van der Waals surface area contributed by atoms with E-state index in [-0.39, 0.29) is 11.3 Å². The summed E-state index contributed by atoms with van der Waals surface area (Å²) in [6.45, 7) is 3.82. The molecule has 1 aromatic carbocycles. The number of aromatic nitrogens is 2. The number of benzene rings is 1. The van der Waals surface area contributed by atoms with E-state index in [2.05, 4.69) is 26.6 Å². The highest BCUT2D eigenvalue weighted by Crippen LogP contribution is 2.47. The molecular formula is C22H27F3N4O4. The zero-order chi connectivity index (χ0) is 24.2. The number of hydrogen-bond acceptors (Lipinski definition) is 5. The summed E-state index contributed by atoms with van der Waals surface area (Å²) in [5, 5.41) is 7.12. The summed E-state index contributed by atoms with van der Waals surface area (Å²) in [6.07, 6.45) is 0.448. The number of nitrogens with zero attached hydrogens (tertiary/aromatic N) is 4. The molecule has 4 rings (SSSR count). The molecule has 0 bridgehead atoms. The van der Waals surface area contributed by atoms with E-state index < -0.39 is 12.1 Å². The largest absolute Gasteiger partial charge is 0.490 e. The molecule has 33 heavy (non-hydrogen) atoms. The Labute approximate surface area is 189 Å². The minimum Gasteiger partial charge on any atom is -0.475 e. The van der Waals surface area contributed by atoms with Crippen molar-refractivity contribution in [3.63, 3.8) is 0 Å². The van der Waals surface area contributed by atoms with Gasteiger partial charge < -0.3 is 19.3 Å². The molecule has 3 heterocycles. The quantitative estimate of drug-likeness (QED) is 0.726. The van der Waals surface area contributed by atoms with Gasteiger partial charge in [0.2, 0.25) is 5.91 Å². The summed E-state index contributed by atoms with van der Waals surface area (Å²) in [6, 6.07) is 8.27. The Kier molecular flexibility index (Phi) is 7.43. The van der Waals surface area contributed by atoms with Crippen LogP contribution in [0.5, 0.6) is 0 Å². The van der Waals surface area contributed by atoms with Gasteiger partial charge in [0.15, 0.2) is 0 Å². The van der Waals surface area contributed by atoms with Gasteiger partial charge in [-0.25, -0.2) is 9.78 Å². The number of hydrogen-bond donors (Lipinski definition) is 1. The Balaban J connectivity index is 0.000000383. The minimum atomic E-state index is -5.08. The lowest BCUT2D eigenvalue weighted by Gasteiger charge is -2.38. The maximum Gasteiger partial charge on any atom is 0.490 e. The van der Waals surface area contributed by atoms with Crippen molar-refractivity contribution >= 4 is 17.6 Å². The first-order valence-corrected chi connectivity index (χ1v) is 10.5. The number of aryl methyl sites for hydroxylation is 1. The predicted molar refractivity (Wildman–Crippen MR) is 114 cm³/mol. The highest BCUT2D eigenvalue weighted by atomic mass is 19.4. The number of ether oxygens (including phenoxy) is 1. The molecule has 180 valence electrons. The molecule has 0 aliphatic carbocycles. The average Bonchev–Trinajstić information content (AvgIpc) is 3.28. The Morgan fingerprint density at radius 3 is 2.42 bits per heavy atom. The van der Waals surface area contributed by atoms with Crippen LogP contribution in [0.2, 0.25) is 0 Å². The zero-order valence-electron chi connectivity index (χ0n) is 18.5.